The Bertz CT molecular complexity index is 621. The SMILES string of the molecule is CC(O)(CNCc1coc(-c2ccccc2)n1)CN1CCOCC1. The molecule has 1 unspecified atom stereocenters. The van der Waals surface area contributed by atoms with Crippen molar-refractivity contribution < 1.29 is 14.3 Å². The van der Waals surface area contributed by atoms with Crippen molar-refractivity contribution in [3.63, 3.8) is 0 Å². The lowest BCUT2D eigenvalue weighted by Crippen LogP contribution is -2.50. The Morgan fingerprint density at radius 2 is 2.00 bits per heavy atom. The summed E-state index contributed by atoms with van der Waals surface area (Å²) in [7, 11) is 0. The zero-order valence-corrected chi connectivity index (χ0v) is 14.1. The van der Waals surface area contributed by atoms with Gasteiger partial charge >= 0.3 is 0 Å². The highest BCUT2D eigenvalue weighted by atomic mass is 16.5. The van der Waals surface area contributed by atoms with Gasteiger partial charge in [0, 0.05) is 38.3 Å². The van der Waals surface area contributed by atoms with Gasteiger partial charge in [-0.25, -0.2) is 4.98 Å². The van der Waals surface area contributed by atoms with Crippen molar-refractivity contribution in [1.29, 1.82) is 0 Å². The molecule has 3 rings (SSSR count). The van der Waals surface area contributed by atoms with Crippen LogP contribution in [0.5, 0.6) is 0 Å². The molecule has 0 spiro atoms. The first-order valence-electron chi connectivity index (χ1n) is 8.35. The average Bonchev–Trinajstić information content (AvgIpc) is 3.05. The minimum absolute atomic E-state index is 0.498. The molecular weight excluding hydrogens is 306 g/mol. The molecule has 1 aliphatic rings. The number of nitrogens with one attached hydrogen (secondary N) is 1. The molecule has 1 aromatic heterocycles. The molecule has 1 saturated heterocycles. The van der Waals surface area contributed by atoms with Crippen molar-refractivity contribution in [3.8, 4) is 11.5 Å². The minimum Gasteiger partial charge on any atom is -0.444 e. The van der Waals surface area contributed by atoms with Gasteiger partial charge in [0.1, 0.15) is 6.26 Å². The molecule has 1 atom stereocenters. The number of β-amino-alcohol motifs (C(OH)–C–C–N with tert-alkyl or cyclic N) is 1. The highest BCUT2D eigenvalue weighted by molar-refractivity contribution is 5.52. The fraction of sp³-hybridized carbons (Fsp3) is 0.500. The molecular formula is C18H25N3O3. The van der Waals surface area contributed by atoms with Gasteiger partial charge in [-0.05, 0) is 19.1 Å². The third-order valence-electron chi connectivity index (χ3n) is 4.05. The quantitative estimate of drug-likeness (QED) is 0.801. The molecule has 2 N–H and O–H groups in total. The third-order valence-corrected chi connectivity index (χ3v) is 4.05. The summed E-state index contributed by atoms with van der Waals surface area (Å²) < 4.78 is 10.9. The number of hydrogen-bond acceptors (Lipinski definition) is 6. The lowest BCUT2D eigenvalue weighted by Gasteiger charge is -2.33. The van der Waals surface area contributed by atoms with Crippen molar-refractivity contribution in [3.05, 3.63) is 42.3 Å². The maximum Gasteiger partial charge on any atom is 0.226 e. The number of benzene rings is 1. The number of oxazole rings is 1. The summed E-state index contributed by atoms with van der Waals surface area (Å²) in [5.41, 5.74) is 1.00. The van der Waals surface area contributed by atoms with Crippen LogP contribution >= 0.6 is 0 Å². The standard InChI is InChI=1S/C18H25N3O3/c1-18(22,14-21-7-9-23-10-8-21)13-19-11-16-12-24-17(20-16)15-5-3-2-4-6-15/h2-6,12,19,22H,7-11,13-14H2,1H3. The van der Waals surface area contributed by atoms with E-state index in [2.05, 4.69) is 15.2 Å². The van der Waals surface area contributed by atoms with E-state index >= 15 is 0 Å². The third kappa shape index (κ3) is 4.88. The van der Waals surface area contributed by atoms with Crippen molar-refractivity contribution >= 4 is 0 Å². The van der Waals surface area contributed by atoms with E-state index in [1.807, 2.05) is 37.3 Å². The number of nitrogens with zero attached hydrogens (tertiary/aromatic N) is 2. The van der Waals surface area contributed by atoms with Crippen molar-refractivity contribution in [2.45, 2.75) is 19.1 Å². The topological polar surface area (TPSA) is 70.8 Å². The minimum atomic E-state index is -0.788. The van der Waals surface area contributed by atoms with E-state index in [4.69, 9.17) is 9.15 Å². The predicted octanol–water partition coefficient (Wildman–Crippen LogP) is 1.51. The molecule has 6 nitrogen and oxygen atoms in total. The molecule has 0 aliphatic carbocycles. The predicted molar refractivity (Wildman–Crippen MR) is 91.5 cm³/mol. The zero-order chi connectivity index (χ0) is 16.8. The van der Waals surface area contributed by atoms with Gasteiger partial charge in [0.2, 0.25) is 5.89 Å². The van der Waals surface area contributed by atoms with Crippen molar-refractivity contribution in [2.75, 3.05) is 39.4 Å². The molecule has 2 aromatic rings. The summed E-state index contributed by atoms with van der Waals surface area (Å²) in [4.78, 5) is 6.71. The van der Waals surface area contributed by atoms with Crippen LogP contribution in [-0.2, 0) is 11.3 Å². The first-order chi connectivity index (χ1) is 11.6. The molecule has 1 aromatic carbocycles. The molecule has 1 fully saturated rings. The Morgan fingerprint density at radius 1 is 1.25 bits per heavy atom. The summed E-state index contributed by atoms with van der Waals surface area (Å²) >= 11 is 0. The summed E-state index contributed by atoms with van der Waals surface area (Å²) in [5, 5.41) is 13.8. The Balaban J connectivity index is 1.46. The van der Waals surface area contributed by atoms with Gasteiger partial charge in [0.25, 0.3) is 0 Å². The Labute approximate surface area is 142 Å². The van der Waals surface area contributed by atoms with Gasteiger partial charge in [-0.3, -0.25) is 4.90 Å². The molecule has 0 saturated carbocycles. The molecule has 2 heterocycles. The lowest BCUT2D eigenvalue weighted by atomic mass is 10.1. The summed E-state index contributed by atoms with van der Waals surface area (Å²) in [5.74, 6) is 0.618. The Morgan fingerprint density at radius 3 is 2.75 bits per heavy atom. The molecule has 24 heavy (non-hydrogen) atoms. The smallest absolute Gasteiger partial charge is 0.226 e. The summed E-state index contributed by atoms with van der Waals surface area (Å²) in [6.45, 7) is 6.79. The second-order valence-electron chi connectivity index (χ2n) is 6.50. The van der Waals surface area contributed by atoms with Crippen LogP contribution < -0.4 is 5.32 Å². The van der Waals surface area contributed by atoms with Gasteiger partial charge < -0.3 is 19.6 Å². The van der Waals surface area contributed by atoms with Crippen molar-refractivity contribution in [1.82, 2.24) is 15.2 Å². The second-order valence-corrected chi connectivity index (χ2v) is 6.50. The highest BCUT2D eigenvalue weighted by Crippen LogP contribution is 2.17. The lowest BCUT2D eigenvalue weighted by molar-refractivity contribution is -0.0219. The number of rotatable bonds is 7. The van der Waals surface area contributed by atoms with Gasteiger partial charge in [-0.1, -0.05) is 18.2 Å². The van der Waals surface area contributed by atoms with Crippen LogP contribution in [0.15, 0.2) is 41.0 Å². The number of morpholine rings is 1. The molecule has 1 aliphatic heterocycles. The van der Waals surface area contributed by atoms with Gasteiger partial charge in [-0.15, -0.1) is 0 Å². The van der Waals surface area contributed by atoms with Crippen LogP contribution in [0.2, 0.25) is 0 Å². The normalized spacial score (nSPS) is 18.4. The summed E-state index contributed by atoms with van der Waals surface area (Å²) in [6, 6.07) is 9.82. The molecule has 0 radical (unpaired) electrons. The summed E-state index contributed by atoms with van der Waals surface area (Å²) in [6.07, 6.45) is 1.66. The van der Waals surface area contributed by atoms with E-state index in [0.717, 1.165) is 37.6 Å². The monoisotopic (exact) mass is 331 g/mol. The molecule has 130 valence electrons. The van der Waals surface area contributed by atoms with E-state index in [1.165, 1.54) is 0 Å². The van der Waals surface area contributed by atoms with Gasteiger partial charge in [0.15, 0.2) is 0 Å². The first-order valence-corrected chi connectivity index (χ1v) is 8.35. The van der Waals surface area contributed by atoms with E-state index in [1.54, 1.807) is 6.26 Å². The fourth-order valence-corrected chi connectivity index (χ4v) is 2.86. The van der Waals surface area contributed by atoms with E-state index in [-0.39, 0.29) is 0 Å². The van der Waals surface area contributed by atoms with Gasteiger partial charge in [0.05, 0.1) is 24.5 Å². The Kier molecular flexibility index (Phi) is 5.63. The highest BCUT2D eigenvalue weighted by Gasteiger charge is 2.25. The number of aromatic nitrogens is 1. The molecule has 0 bridgehead atoms. The fourth-order valence-electron chi connectivity index (χ4n) is 2.86. The van der Waals surface area contributed by atoms with Gasteiger partial charge in [-0.2, -0.15) is 0 Å². The number of hydrogen-bond donors (Lipinski definition) is 2. The average molecular weight is 331 g/mol. The molecule has 6 heteroatoms. The van der Waals surface area contributed by atoms with Crippen LogP contribution in [0.4, 0.5) is 0 Å². The van der Waals surface area contributed by atoms with E-state index < -0.39 is 5.60 Å². The van der Waals surface area contributed by atoms with E-state index in [9.17, 15) is 5.11 Å². The van der Waals surface area contributed by atoms with Crippen LogP contribution in [0.25, 0.3) is 11.5 Å². The number of aliphatic hydroxyl groups is 1. The van der Waals surface area contributed by atoms with Crippen LogP contribution in [0.3, 0.4) is 0 Å². The van der Waals surface area contributed by atoms with Crippen molar-refractivity contribution in [2.24, 2.45) is 0 Å². The van der Waals surface area contributed by atoms with Crippen LogP contribution in [0, 0.1) is 0 Å². The second kappa shape index (κ2) is 7.90. The number of ether oxygens (including phenoxy) is 1. The Hall–Kier alpha value is -1.73. The largest absolute Gasteiger partial charge is 0.444 e. The maximum absolute atomic E-state index is 10.5. The van der Waals surface area contributed by atoms with Crippen LogP contribution in [-0.4, -0.2) is 60.0 Å². The molecule has 0 amide bonds. The van der Waals surface area contributed by atoms with Crippen LogP contribution in [0.1, 0.15) is 12.6 Å². The zero-order valence-electron chi connectivity index (χ0n) is 14.1. The first kappa shape index (κ1) is 17.1. The van der Waals surface area contributed by atoms with E-state index in [0.29, 0.717) is 25.5 Å². The maximum atomic E-state index is 10.5.